The summed E-state index contributed by atoms with van der Waals surface area (Å²) in [7, 11) is -3.67. The summed E-state index contributed by atoms with van der Waals surface area (Å²) in [5, 5.41) is 5.76. The maximum atomic E-state index is 13.0. The molecule has 3 rings (SSSR count). The van der Waals surface area contributed by atoms with Crippen molar-refractivity contribution in [2.75, 3.05) is 18.4 Å². The number of anilines is 1. The normalized spacial score (nSPS) is 18.0. The van der Waals surface area contributed by atoms with E-state index in [2.05, 4.69) is 10.6 Å². The van der Waals surface area contributed by atoms with E-state index in [1.807, 2.05) is 20.8 Å². The van der Waals surface area contributed by atoms with Crippen molar-refractivity contribution in [1.82, 2.24) is 9.62 Å². The van der Waals surface area contributed by atoms with Gasteiger partial charge in [-0.2, -0.15) is 4.31 Å². The number of nitrogens with zero attached hydrogens (tertiary/aromatic N) is 1. The second kappa shape index (κ2) is 10.3. The highest BCUT2D eigenvalue weighted by Crippen LogP contribution is 2.26. The van der Waals surface area contributed by atoms with E-state index in [1.165, 1.54) is 4.31 Å². The van der Waals surface area contributed by atoms with Crippen LogP contribution in [0.15, 0.2) is 53.4 Å². The fourth-order valence-electron chi connectivity index (χ4n) is 3.66. The maximum absolute atomic E-state index is 13.0. The van der Waals surface area contributed by atoms with Crippen LogP contribution in [-0.4, -0.2) is 43.7 Å². The average Bonchev–Trinajstić information content (AvgIpc) is 2.79. The van der Waals surface area contributed by atoms with Crippen LogP contribution in [-0.2, 0) is 14.8 Å². The van der Waals surface area contributed by atoms with E-state index in [0.29, 0.717) is 30.6 Å². The summed E-state index contributed by atoms with van der Waals surface area (Å²) in [6, 6.07) is 13.6. The minimum Gasteiger partial charge on any atom is -0.350 e. The summed E-state index contributed by atoms with van der Waals surface area (Å²) in [5.41, 5.74) is 1.80. The molecule has 0 spiro atoms. The Labute approximate surface area is 190 Å². The zero-order chi connectivity index (χ0) is 23.3. The molecule has 32 heavy (non-hydrogen) atoms. The number of sulfonamides is 1. The molecule has 1 fully saturated rings. The molecular formula is C24H31N3O4S. The number of rotatable bonds is 7. The van der Waals surface area contributed by atoms with Crippen molar-refractivity contribution in [2.24, 2.45) is 5.92 Å². The molecular weight excluding hydrogens is 426 g/mol. The molecule has 7 nitrogen and oxygen atoms in total. The van der Waals surface area contributed by atoms with E-state index in [-0.39, 0.29) is 29.3 Å². The number of hydrogen-bond donors (Lipinski definition) is 2. The predicted octanol–water partition coefficient (Wildman–Crippen LogP) is 3.56. The molecule has 2 aromatic rings. The first-order chi connectivity index (χ1) is 15.2. The van der Waals surface area contributed by atoms with Crippen LogP contribution in [0.25, 0.3) is 0 Å². The van der Waals surface area contributed by atoms with E-state index in [1.54, 1.807) is 48.5 Å². The number of carbonyl (C=O) groups is 2. The van der Waals surface area contributed by atoms with Crippen molar-refractivity contribution in [3.8, 4) is 0 Å². The Morgan fingerprint density at radius 3 is 2.50 bits per heavy atom. The van der Waals surface area contributed by atoms with Crippen molar-refractivity contribution < 1.29 is 18.0 Å². The smallest absolute Gasteiger partial charge is 0.253 e. The largest absolute Gasteiger partial charge is 0.350 e. The maximum Gasteiger partial charge on any atom is 0.253 e. The summed E-state index contributed by atoms with van der Waals surface area (Å²) in [6.45, 7) is 6.30. The van der Waals surface area contributed by atoms with Crippen molar-refractivity contribution in [2.45, 2.75) is 51.0 Å². The van der Waals surface area contributed by atoms with Gasteiger partial charge in [0.2, 0.25) is 15.9 Å². The van der Waals surface area contributed by atoms with E-state index in [4.69, 9.17) is 0 Å². The third kappa shape index (κ3) is 5.55. The van der Waals surface area contributed by atoms with Gasteiger partial charge in [0.25, 0.3) is 5.91 Å². The van der Waals surface area contributed by atoms with Crippen LogP contribution in [0.4, 0.5) is 5.69 Å². The zero-order valence-corrected chi connectivity index (χ0v) is 19.6. The van der Waals surface area contributed by atoms with Crippen molar-refractivity contribution in [3.63, 3.8) is 0 Å². The summed E-state index contributed by atoms with van der Waals surface area (Å²) < 4.78 is 27.5. The van der Waals surface area contributed by atoms with E-state index in [0.717, 1.165) is 12.0 Å². The van der Waals surface area contributed by atoms with Gasteiger partial charge in [-0.05, 0) is 57.4 Å². The van der Waals surface area contributed by atoms with Crippen LogP contribution < -0.4 is 10.6 Å². The minimum atomic E-state index is -3.67. The highest BCUT2D eigenvalue weighted by Gasteiger charge is 2.33. The Morgan fingerprint density at radius 1 is 1.12 bits per heavy atom. The third-order valence-electron chi connectivity index (χ3n) is 5.83. The lowest BCUT2D eigenvalue weighted by atomic mass is 9.98. The number of nitrogens with one attached hydrogen (secondary N) is 2. The summed E-state index contributed by atoms with van der Waals surface area (Å²) in [5.74, 6) is -1.02. The molecule has 1 saturated heterocycles. The van der Waals surface area contributed by atoms with Crippen LogP contribution in [0.5, 0.6) is 0 Å². The van der Waals surface area contributed by atoms with Gasteiger partial charge in [0.1, 0.15) is 0 Å². The van der Waals surface area contributed by atoms with Gasteiger partial charge in [-0.25, -0.2) is 8.42 Å². The topological polar surface area (TPSA) is 95.6 Å². The number of benzene rings is 2. The quantitative estimate of drug-likeness (QED) is 0.665. The minimum absolute atomic E-state index is 0.0186. The zero-order valence-electron chi connectivity index (χ0n) is 18.8. The molecule has 2 atom stereocenters. The molecule has 0 radical (unpaired) electrons. The molecule has 2 N–H and O–H groups in total. The summed E-state index contributed by atoms with van der Waals surface area (Å²) >= 11 is 0. The molecule has 1 aliphatic heterocycles. The van der Waals surface area contributed by atoms with Crippen LogP contribution in [0, 0.1) is 12.8 Å². The fraction of sp³-hybridized carbons (Fsp3) is 0.417. The van der Waals surface area contributed by atoms with Gasteiger partial charge in [0.15, 0.2) is 0 Å². The molecule has 0 aliphatic carbocycles. The monoisotopic (exact) mass is 457 g/mol. The summed E-state index contributed by atoms with van der Waals surface area (Å²) in [4.78, 5) is 25.8. The first-order valence-corrected chi connectivity index (χ1v) is 12.4. The Morgan fingerprint density at radius 2 is 1.81 bits per heavy atom. The first-order valence-electron chi connectivity index (χ1n) is 11.0. The Balaban J connectivity index is 1.73. The van der Waals surface area contributed by atoms with Gasteiger partial charge < -0.3 is 10.6 Å². The highest BCUT2D eigenvalue weighted by atomic mass is 32.2. The van der Waals surface area contributed by atoms with Gasteiger partial charge in [0, 0.05) is 19.1 Å². The Kier molecular flexibility index (Phi) is 7.69. The predicted molar refractivity (Wildman–Crippen MR) is 125 cm³/mol. The van der Waals surface area contributed by atoms with Crippen LogP contribution in [0.2, 0.25) is 0 Å². The SMILES string of the molecule is CCC(C)NC(=O)c1ccccc1NC(=O)C1CCCN(S(=O)(=O)c2ccc(C)cc2)C1. The van der Waals surface area contributed by atoms with E-state index in [9.17, 15) is 18.0 Å². The number of carbonyl (C=O) groups excluding carboxylic acids is 2. The number of piperidine rings is 1. The van der Waals surface area contributed by atoms with Gasteiger partial charge >= 0.3 is 0 Å². The van der Waals surface area contributed by atoms with Crippen LogP contribution in [0.1, 0.15) is 49.0 Å². The van der Waals surface area contributed by atoms with Crippen molar-refractivity contribution in [3.05, 3.63) is 59.7 Å². The fourth-order valence-corrected chi connectivity index (χ4v) is 5.19. The molecule has 1 heterocycles. The lowest BCUT2D eigenvalue weighted by Gasteiger charge is -2.31. The number of hydrogen-bond acceptors (Lipinski definition) is 4. The van der Waals surface area contributed by atoms with Crippen molar-refractivity contribution >= 4 is 27.5 Å². The standard InChI is InChI=1S/C24H31N3O4S/c1-4-18(3)25-24(29)21-9-5-6-10-22(21)26-23(28)19-8-7-15-27(16-19)32(30,31)20-13-11-17(2)12-14-20/h5-6,9-14,18-19H,4,7-8,15-16H2,1-3H3,(H,25,29)(H,26,28). The second-order valence-corrected chi connectivity index (χ2v) is 10.3. The van der Waals surface area contributed by atoms with Crippen LogP contribution in [0.3, 0.4) is 0 Å². The second-order valence-electron chi connectivity index (χ2n) is 8.33. The van der Waals surface area contributed by atoms with Crippen LogP contribution >= 0.6 is 0 Å². The Bertz CT molecular complexity index is 1070. The van der Waals surface area contributed by atoms with Crippen molar-refractivity contribution in [1.29, 1.82) is 0 Å². The lowest BCUT2D eigenvalue weighted by Crippen LogP contribution is -2.43. The molecule has 172 valence electrons. The van der Waals surface area contributed by atoms with Gasteiger partial charge in [0.05, 0.1) is 22.1 Å². The molecule has 8 heteroatoms. The highest BCUT2D eigenvalue weighted by molar-refractivity contribution is 7.89. The molecule has 2 unspecified atom stereocenters. The third-order valence-corrected chi connectivity index (χ3v) is 7.71. The molecule has 0 bridgehead atoms. The van der Waals surface area contributed by atoms with E-state index < -0.39 is 15.9 Å². The summed E-state index contributed by atoms with van der Waals surface area (Å²) in [6.07, 6.45) is 1.99. The average molecular weight is 458 g/mol. The number of amides is 2. The lowest BCUT2D eigenvalue weighted by molar-refractivity contribution is -0.120. The molecule has 0 aromatic heterocycles. The van der Waals surface area contributed by atoms with Gasteiger partial charge in [-0.15, -0.1) is 0 Å². The van der Waals surface area contributed by atoms with Gasteiger partial charge in [-0.1, -0.05) is 36.8 Å². The molecule has 1 aliphatic rings. The number of para-hydroxylation sites is 1. The van der Waals surface area contributed by atoms with Gasteiger partial charge in [-0.3, -0.25) is 9.59 Å². The molecule has 2 aromatic carbocycles. The number of aryl methyl sites for hydroxylation is 1. The first kappa shape index (κ1) is 23.9. The Hall–Kier alpha value is -2.71. The molecule has 0 saturated carbocycles. The van der Waals surface area contributed by atoms with E-state index >= 15 is 0 Å². The molecule has 2 amide bonds.